The summed E-state index contributed by atoms with van der Waals surface area (Å²) >= 11 is 0. The minimum atomic E-state index is -4.78. The first-order chi connectivity index (χ1) is 32.0. The molecular formula is C55H25F3N8. The molecule has 10 rings (SSSR count). The van der Waals surface area contributed by atoms with E-state index < -0.39 is 11.7 Å². The predicted octanol–water partition coefficient (Wildman–Crippen LogP) is 13.1. The van der Waals surface area contributed by atoms with E-state index in [1.165, 1.54) is 18.2 Å². The summed E-state index contributed by atoms with van der Waals surface area (Å²) in [6.45, 7) is 0. The number of benzene rings is 8. The van der Waals surface area contributed by atoms with Crippen molar-refractivity contribution in [2.24, 2.45) is 0 Å². The summed E-state index contributed by atoms with van der Waals surface area (Å²) in [6, 6.07) is 55.6. The van der Waals surface area contributed by atoms with Gasteiger partial charge >= 0.3 is 6.18 Å². The molecule has 306 valence electrons. The normalized spacial score (nSPS) is 11.2. The Balaban J connectivity index is 1.35. The van der Waals surface area contributed by atoms with Gasteiger partial charge < -0.3 is 9.13 Å². The Hall–Kier alpha value is -9.91. The Kier molecular flexibility index (Phi) is 9.41. The Labute approximate surface area is 374 Å². The molecule has 8 aromatic carbocycles. The molecule has 0 aliphatic carbocycles. The molecule has 11 heteroatoms. The Morgan fingerprint density at radius 1 is 0.333 bits per heavy atom. The van der Waals surface area contributed by atoms with Gasteiger partial charge in [-0.1, -0.05) is 60.7 Å². The van der Waals surface area contributed by atoms with Crippen LogP contribution in [0.1, 0.15) is 38.9 Å². The van der Waals surface area contributed by atoms with E-state index >= 15 is 0 Å². The van der Waals surface area contributed by atoms with Crippen molar-refractivity contribution in [1.29, 1.82) is 31.6 Å². The summed E-state index contributed by atoms with van der Waals surface area (Å²) in [5.41, 5.74) is 6.34. The second kappa shape index (κ2) is 15.5. The summed E-state index contributed by atoms with van der Waals surface area (Å²) in [4.78, 5) is 0. The van der Waals surface area contributed by atoms with Crippen molar-refractivity contribution in [1.82, 2.24) is 9.13 Å². The molecule has 0 fully saturated rings. The summed E-state index contributed by atoms with van der Waals surface area (Å²) in [5.74, 6) is 0. The van der Waals surface area contributed by atoms with Crippen LogP contribution in [0.2, 0.25) is 0 Å². The maximum Gasteiger partial charge on any atom is 0.416 e. The summed E-state index contributed by atoms with van der Waals surface area (Å²) < 4.78 is 47.4. The standard InChI is InChI=1S/C55H25F3N8/c56-55(57,58)43-20-36(30-63)19-41(21-43)42-24-53(65-49-7-3-1-5-44(49)46-11-9-37(22-51(46)65)39-15-32(26-59)13-33(16-39)27-60)48(31-64)54(25-42)66-50-8-4-2-6-45(50)47-12-10-38(23-52(47)66)40-17-34(28-61)14-35(18-40)29-62/h1-25H. The number of fused-ring (bicyclic) bond motifs is 6. The smallest absolute Gasteiger partial charge is 0.308 e. The molecule has 0 aliphatic heterocycles. The Morgan fingerprint density at radius 2 is 0.697 bits per heavy atom. The molecule has 8 nitrogen and oxygen atoms in total. The zero-order chi connectivity index (χ0) is 45.9. The SMILES string of the molecule is N#Cc1cc(C#N)cc(-c2ccc3c4ccccc4n(-c4cc(-c5cc(C#N)cc(C(F)(F)F)c5)cc(-n5c6ccccc6c6ccc(-c7cc(C#N)cc(C#N)c7)cc65)c4C#N)c3c2)c1. The molecule has 2 aromatic heterocycles. The van der Waals surface area contributed by atoms with E-state index in [1.807, 2.05) is 100 Å². The van der Waals surface area contributed by atoms with Crippen molar-refractivity contribution in [2.75, 3.05) is 0 Å². The quantitative estimate of drug-likeness (QED) is 0.168. The molecule has 0 bridgehead atoms. The molecule has 0 aliphatic rings. The highest BCUT2D eigenvalue weighted by atomic mass is 19.4. The first-order valence-electron chi connectivity index (χ1n) is 20.2. The van der Waals surface area contributed by atoms with Crippen LogP contribution in [0.3, 0.4) is 0 Å². The molecule has 0 spiro atoms. The molecule has 66 heavy (non-hydrogen) atoms. The molecular weight excluding hydrogens is 830 g/mol. The van der Waals surface area contributed by atoms with E-state index in [2.05, 4.69) is 30.3 Å². The Morgan fingerprint density at radius 3 is 1.09 bits per heavy atom. The van der Waals surface area contributed by atoms with Gasteiger partial charge in [0.25, 0.3) is 0 Å². The third kappa shape index (κ3) is 6.59. The number of nitrogens with zero attached hydrogens (tertiary/aromatic N) is 8. The highest BCUT2D eigenvalue weighted by molar-refractivity contribution is 6.12. The third-order valence-corrected chi connectivity index (χ3v) is 11.8. The topological polar surface area (TPSA) is 153 Å². The van der Waals surface area contributed by atoms with Crippen LogP contribution >= 0.6 is 0 Å². The number of rotatable bonds is 5. The number of aromatic nitrogens is 2. The van der Waals surface area contributed by atoms with Crippen LogP contribution < -0.4 is 0 Å². The lowest BCUT2D eigenvalue weighted by Crippen LogP contribution is -2.07. The second-order valence-electron chi connectivity index (χ2n) is 15.6. The van der Waals surface area contributed by atoms with Crippen molar-refractivity contribution in [3.05, 3.63) is 191 Å². The molecule has 0 N–H and O–H groups in total. The van der Waals surface area contributed by atoms with Crippen LogP contribution in [0.4, 0.5) is 13.2 Å². The fraction of sp³-hybridized carbons (Fsp3) is 0.0182. The zero-order valence-corrected chi connectivity index (χ0v) is 34.1. The highest BCUT2D eigenvalue weighted by Crippen LogP contribution is 2.43. The second-order valence-corrected chi connectivity index (χ2v) is 15.6. The number of alkyl halides is 3. The van der Waals surface area contributed by atoms with Crippen LogP contribution in [-0.2, 0) is 6.18 Å². The lowest BCUT2D eigenvalue weighted by Gasteiger charge is -2.19. The predicted molar refractivity (Wildman–Crippen MR) is 245 cm³/mol. The maximum atomic E-state index is 14.5. The van der Waals surface area contributed by atoms with E-state index in [1.54, 1.807) is 36.4 Å². The van der Waals surface area contributed by atoms with Crippen molar-refractivity contribution in [3.63, 3.8) is 0 Å². The van der Waals surface area contributed by atoms with Gasteiger partial charge in [-0.2, -0.15) is 44.7 Å². The number of halogens is 3. The van der Waals surface area contributed by atoms with Crippen molar-refractivity contribution in [2.45, 2.75) is 6.18 Å². The van der Waals surface area contributed by atoms with Crippen LogP contribution in [0.25, 0.3) is 88.4 Å². The third-order valence-electron chi connectivity index (χ3n) is 11.8. The average molecular weight is 855 g/mol. The van der Waals surface area contributed by atoms with Crippen molar-refractivity contribution < 1.29 is 13.2 Å². The van der Waals surface area contributed by atoms with Crippen LogP contribution in [-0.4, -0.2) is 9.13 Å². The summed E-state index contributed by atoms with van der Waals surface area (Å²) in [7, 11) is 0. The van der Waals surface area contributed by atoms with Gasteiger partial charge in [0.05, 0.1) is 97.2 Å². The van der Waals surface area contributed by atoms with Gasteiger partial charge in [-0.25, -0.2) is 0 Å². The van der Waals surface area contributed by atoms with E-state index in [0.29, 0.717) is 77.9 Å². The summed E-state index contributed by atoms with van der Waals surface area (Å²) in [5, 5.41) is 64.0. The van der Waals surface area contributed by atoms with Gasteiger partial charge in [0.2, 0.25) is 0 Å². The van der Waals surface area contributed by atoms with E-state index in [-0.39, 0.29) is 22.3 Å². The van der Waals surface area contributed by atoms with Crippen LogP contribution in [0.5, 0.6) is 0 Å². The number of hydrogen-bond acceptors (Lipinski definition) is 6. The molecule has 0 radical (unpaired) electrons. The van der Waals surface area contributed by atoms with Gasteiger partial charge in [-0.3, -0.25) is 0 Å². The molecule has 0 atom stereocenters. The van der Waals surface area contributed by atoms with Gasteiger partial charge in [0, 0.05) is 21.5 Å². The maximum absolute atomic E-state index is 14.5. The van der Waals surface area contributed by atoms with E-state index in [9.17, 15) is 44.7 Å². The van der Waals surface area contributed by atoms with Gasteiger partial charge in [0.15, 0.2) is 0 Å². The lowest BCUT2D eigenvalue weighted by atomic mass is 9.96. The molecule has 2 heterocycles. The molecule has 0 unspecified atom stereocenters. The first kappa shape index (κ1) is 40.2. The van der Waals surface area contributed by atoms with Gasteiger partial charge in [-0.15, -0.1) is 0 Å². The van der Waals surface area contributed by atoms with Crippen LogP contribution in [0.15, 0.2) is 152 Å². The molecule has 0 saturated carbocycles. The first-order valence-corrected chi connectivity index (χ1v) is 20.2. The number of hydrogen-bond donors (Lipinski definition) is 0. The summed E-state index contributed by atoms with van der Waals surface area (Å²) in [6.07, 6.45) is -4.78. The minimum Gasteiger partial charge on any atom is -0.308 e. The molecule has 0 saturated heterocycles. The van der Waals surface area contributed by atoms with Crippen LogP contribution in [0, 0.1) is 68.0 Å². The zero-order valence-electron chi connectivity index (χ0n) is 34.1. The largest absolute Gasteiger partial charge is 0.416 e. The van der Waals surface area contributed by atoms with Crippen molar-refractivity contribution >= 4 is 43.6 Å². The fourth-order valence-corrected chi connectivity index (χ4v) is 8.93. The number of para-hydroxylation sites is 2. The average Bonchev–Trinajstić information content (AvgIpc) is 3.87. The van der Waals surface area contributed by atoms with Gasteiger partial charge in [-0.05, 0) is 124 Å². The van der Waals surface area contributed by atoms with E-state index in [4.69, 9.17) is 0 Å². The minimum absolute atomic E-state index is 0.0889. The Bertz CT molecular complexity index is 3740. The number of nitriles is 6. The monoisotopic (exact) mass is 854 g/mol. The fourth-order valence-electron chi connectivity index (χ4n) is 8.93. The molecule has 0 amide bonds. The van der Waals surface area contributed by atoms with E-state index in [0.717, 1.165) is 33.7 Å². The highest BCUT2D eigenvalue weighted by Gasteiger charge is 2.32. The molecule has 10 aromatic rings. The van der Waals surface area contributed by atoms with Crippen molar-refractivity contribution in [3.8, 4) is 81.2 Å². The van der Waals surface area contributed by atoms with Gasteiger partial charge in [0.1, 0.15) is 11.6 Å². The lowest BCUT2D eigenvalue weighted by molar-refractivity contribution is -0.137.